The molecule has 0 saturated carbocycles. The summed E-state index contributed by atoms with van der Waals surface area (Å²) in [5, 5.41) is 6.74. The SMILES string of the molecule is C[C@@]12NC(=O)[C@H](C[C@]13C(=O)Nc1ccccc13)n1c2nc2ccc(Cl)cc2c1=O. The van der Waals surface area contributed by atoms with Crippen molar-refractivity contribution < 1.29 is 9.59 Å². The monoisotopic (exact) mass is 406 g/mol. The van der Waals surface area contributed by atoms with Crippen molar-refractivity contribution in [3.8, 4) is 0 Å². The molecule has 0 radical (unpaired) electrons. The van der Waals surface area contributed by atoms with Gasteiger partial charge in [0.2, 0.25) is 11.8 Å². The molecule has 0 aliphatic carbocycles. The van der Waals surface area contributed by atoms with Crippen molar-refractivity contribution in [1.29, 1.82) is 0 Å². The second-order valence-electron chi connectivity index (χ2n) is 8.01. The van der Waals surface area contributed by atoms with Gasteiger partial charge in [0.05, 0.1) is 10.9 Å². The zero-order chi connectivity index (χ0) is 20.1. The van der Waals surface area contributed by atoms with Crippen molar-refractivity contribution in [1.82, 2.24) is 14.9 Å². The van der Waals surface area contributed by atoms with E-state index < -0.39 is 17.0 Å². The van der Waals surface area contributed by atoms with Crippen LogP contribution in [0.2, 0.25) is 5.02 Å². The number of amides is 2. The molecule has 4 aliphatic rings. The fraction of sp³-hybridized carbons (Fsp3) is 0.238. The molecule has 7 rings (SSSR count). The minimum Gasteiger partial charge on any atom is -0.340 e. The van der Waals surface area contributed by atoms with Crippen molar-refractivity contribution in [3.63, 3.8) is 0 Å². The first kappa shape index (κ1) is 16.7. The third kappa shape index (κ3) is 1.75. The standard InChI is InChI=1S/C21H15ClN4O3/c1-20-18-23-13-7-6-10(22)8-11(13)17(28)26(18)15(16(27)25-20)9-21(20)12-4-2-3-5-14(12)24-19(21)29/h2-8,15H,9H2,1H3,(H,24,29)(H,25,27)/t15-,20-,21-/m0/s1. The van der Waals surface area contributed by atoms with Gasteiger partial charge >= 0.3 is 0 Å². The number of carbonyl (C=O) groups excluding carboxylic acids is 2. The van der Waals surface area contributed by atoms with Gasteiger partial charge in [-0.3, -0.25) is 19.0 Å². The number of fused-ring (bicyclic) bond motifs is 3. The van der Waals surface area contributed by atoms with Crippen LogP contribution in [0.15, 0.2) is 47.3 Å². The average Bonchev–Trinajstić information content (AvgIpc) is 2.97. The second kappa shape index (κ2) is 5.04. The Bertz CT molecular complexity index is 1350. The molecule has 2 amide bonds. The highest BCUT2D eigenvalue weighted by Crippen LogP contribution is 2.58. The van der Waals surface area contributed by atoms with Gasteiger partial charge in [-0.25, -0.2) is 4.98 Å². The highest BCUT2D eigenvalue weighted by molar-refractivity contribution is 6.31. The molecular weight excluding hydrogens is 392 g/mol. The number of aromatic nitrogens is 2. The lowest BCUT2D eigenvalue weighted by molar-refractivity contribution is -0.142. The van der Waals surface area contributed by atoms with E-state index in [0.717, 1.165) is 11.3 Å². The smallest absolute Gasteiger partial charge is 0.262 e. The Hall–Kier alpha value is -3.19. The average molecular weight is 407 g/mol. The summed E-state index contributed by atoms with van der Waals surface area (Å²) < 4.78 is 1.44. The topological polar surface area (TPSA) is 93.1 Å². The van der Waals surface area contributed by atoms with E-state index in [1.807, 2.05) is 24.3 Å². The Labute approximate surface area is 169 Å². The zero-order valence-corrected chi connectivity index (χ0v) is 16.1. The Kier molecular flexibility index (Phi) is 2.91. The highest BCUT2D eigenvalue weighted by Gasteiger charge is 2.69. The first-order valence-electron chi connectivity index (χ1n) is 9.32. The van der Waals surface area contributed by atoms with E-state index in [9.17, 15) is 14.4 Å². The number of carbonyl (C=O) groups is 2. The molecule has 3 atom stereocenters. The van der Waals surface area contributed by atoms with Gasteiger partial charge in [0.15, 0.2) is 0 Å². The molecule has 1 fully saturated rings. The summed E-state index contributed by atoms with van der Waals surface area (Å²) in [5.41, 5.74) is -0.517. The van der Waals surface area contributed by atoms with Crippen LogP contribution in [0.25, 0.3) is 10.9 Å². The number of nitrogens with zero attached hydrogens (tertiary/aromatic N) is 2. The van der Waals surface area contributed by atoms with Gasteiger partial charge in [0, 0.05) is 10.7 Å². The normalized spacial score (nSPS) is 29.0. The molecule has 0 unspecified atom stereocenters. The van der Waals surface area contributed by atoms with Crippen LogP contribution in [0, 0.1) is 0 Å². The lowest BCUT2D eigenvalue weighted by Gasteiger charge is -2.55. The van der Waals surface area contributed by atoms with E-state index >= 15 is 0 Å². The van der Waals surface area contributed by atoms with Crippen LogP contribution in [0.4, 0.5) is 5.69 Å². The first-order valence-corrected chi connectivity index (χ1v) is 9.70. The predicted molar refractivity (Wildman–Crippen MR) is 107 cm³/mol. The third-order valence-electron chi connectivity index (χ3n) is 6.67. The maximum absolute atomic E-state index is 13.3. The van der Waals surface area contributed by atoms with Crippen molar-refractivity contribution in [2.45, 2.75) is 30.3 Å². The number of hydrogen-bond acceptors (Lipinski definition) is 4. The van der Waals surface area contributed by atoms with Gasteiger partial charge in [-0.15, -0.1) is 0 Å². The van der Waals surface area contributed by atoms with E-state index in [4.69, 9.17) is 16.6 Å². The van der Waals surface area contributed by atoms with Crippen LogP contribution in [0.3, 0.4) is 0 Å². The maximum Gasteiger partial charge on any atom is 0.262 e. The Morgan fingerprint density at radius 2 is 1.97 bits per heavy atom. The van der Waals surface area contributed by atoms with E-state index in [1.54, 1.807) is 25.1 Å². The largest absolute Gasteiger partial charge is 0.340 e. The van der Waals surface area contributed by atoms with Crippen molar-refractivity contribution in [2.75, 3.05) is 5.32 Å². The summed E-state index contributed by atoms with van der Waals surface area (Å²) in [6.07, 6.45) is 0.193. The first-order chi connectivity index (χ1) is 13.9. The number of halogens is 1. The number of rotatable bonds is 0. The number of nitrogens with one attached hydrogen (secondary N) is 2. The summed E-state index contributed by atoms with van der Waals surface area (Å²) in [7, 11) is 0. The molecule has 2 N–H and O–H groups in total. The highest BCUT2D eigenvalue weighted by atomic mass is 35.5. The Morgan fingerprint density at radius 3 is 2.79 bits per heavy atom. The second-order valence-corrected chi connectivity index (χ2v) is 8.45. The van der Waals surface area contributed by atoms with E-state index in [1.165, 1.54) is 4.57 Å². The van der Waals surface area contributed by atoms with Gasteiger partial charge in [0.1, 0.15) is 22.8 Å². The maximum atomic E-state index is 13.3. The summed E-state index contributed by atoms with van der Waals surface area (Å²) in [5.74, 6) is -0.0870. The van der Waals surface area contributed by atoms with Crippen molar-refractivity contribution >= 4 is 40.0 Å². The predicted octanol–water partition coefficient (Wildman–Crippen LogP) is 2.23. The Morgan fingerprint density at radius 1 is 1.17 bits per heavy atom. The molecule has 7 nitrogen and oxygen atoms in total. The fourth-order valence-corrected chi connectivity index (χ4v) is 5.48. The van der Waals surface area contributed by atoms with Gasteiger partial charge < -0.3 is 10.6 Å². The lowest BCUT2D eigenvalue weighted by atomic mass is 9.58. The van der Waals surface area contributed by atoms with Gasteiger partial charge in [0.25, 0.3) is 5.56 Å². The van der Waals surface area contributed by atoms with Crippen molar-refractivity contribution in [3.05, 3.63) is 69.2 Å². The number of piperidine rings is 1. The molecule has 5 heterocycles. The van der Waals surface area contributed by atoms with Crippen LogP contribution in [0.1, 0.15) is 30.8 Å². The minimum atomic E-state index is -1.18. The molecule has 144 valence electrons. The molecular formula is C21H15ClN4O3. The minimum absolute atomic E-state index is 0.192. The van der Waals surface area contributed by atoms with Crippen LogP contribution >= 0.6 is 11.6 Å². The molecule has 8 heteroatoms. The quantitative estimate of drug-likeness (QED) is 0.598. The summed E-state index contributed by atoms with van der Waals surface area (Å²) in [6.45, 7) is 1.78. The fourth-order valence-electron chi connectivity index (χ4n) is 5.31. The van der Waals surface area contributed by atoms with Crippen molar-refractivity contribution in [2.24, 2.45) is 0 Å². The Balaban J connectivity index is 1.73. The molecule has 2 bridgehead atoms. The lowest BCUT2D eigenvalue weighted by Crippen LogP contribution is -2.72. The molecule has 29 heavy (non-hydrogen) atoms. The zero-order valence-electron chi connectivity index (χ0n) is 15.3. The molecule has 4 aliphatic heterocycles. The van der Waals surface area contributed by atoms with Crippen LogP contribution in [-0.2, 0) is 20.5 Å². The molecule has 1 aromatic heterocycles. The van der Waals surface area contributed by atoms with Crippen LogP contribution in [-0.4, -0.2) is 21.4 Å². The number of hydrogen-bond donors (Lipinski definition) is 2. The number of benzene rings is 2. The summed E-state index contributed by atoms with van der Waals surface area (Å²) >= 11 is 6.07. The summed E-state index contributed by atoms with van der Waals surface area (Å²) in [4.78, 5) is 44.3. The van der Waals surface area contributed by atoms with E-state index in [2.05, 4.69) is 10.6 Å². The van der Waals surface area contributed by atoms with Gasteiger partial charge in [-0.1, -0.05) is 29.8 Å². The molecule has 1 spiro atoms. The molecule has 3 aromatic rings. The van der Waals surface area contributed by atoms with Gasteiger partial charge in [-0.2, -0.15) is 0 Å². The number of anilines is 1. The third-order valence-corrected chi connectivity index (χ3v) is 6.91. The molecule has 2 aromatic carbocycles. The van der Waals surface area contributed by atoms with E-state index in [-0.39, 0.29) is 23.8 Å². The van der Waals surface area contributed by atoms with Crippen LogP contribution in [0.5, 0.6) is 0 Å². The molecule has 1 saturated heterocycles. The summed E-state index contributed by atoms with van der Waals surface area (Å²) in [6, 6.07) is 11.6. The van der Waals surface area contributed by atoms with Gasteiger partial charge in [-0.05, 0) is 43.2 Å². The number of para-hydroxylation sites is 1. The van der Waals surface area contributed by atoms with Crippen LogP contribution < -0.4 is 16.2 Å². The van der Waals surface area contributed by atoms with E-state index in [0.29, 0.717) is 21.7 Å².